The van der Waals surface area contributed by atoms with E-state index in [0.29, 0.717) is 11.8 Å². The van der Waals surface area contributed by atoms with Crippen molar-refractivity contribution >= 4 is 5.91 Å². The van der Waals surface area contributed by atoms with Gasteiger partial charge in [0.05, 0.1) is 0 Å². The van der Waals surface area contributed by atoms with E-state index in [0.717, 1.165) is 19.5 Å². The van der Waals surface area contributed by atoms with Gasteiger partial charge in [0.15, 0.2) is 0 Å². The fourth-order valence-corrected chi connectivity index (χ4v) is 2.89. The Labute approximate surface area is 103 Å². The second-order valence-electron chi connectivity index (χ2n) is 5.25. The minimum absolute atomic E-state index is 0.274. The summed E-state index contributed by atoms with van der Waals surface area (Å²) in [5, 5.41) is 0. The van der Waals surface area contributed by atoms with Gasteiger partial charge in [0.1, 0.15) is 0 Å². The summed E-state index contributed by atoms with van der Waals surface area (Å²) in [6, 6.07) is 10.5. The Hall–Kier alpha value is -1.31. The summed E-state index contributed by atoms with van der Waals surface area (Å²) < 4.78 is 0. The SMILES string of the molecule is O=C([C@@H]1C[C@@H]1c1ccccc1)N1CCCCC1. The molecule has 1 aliphatic heterocycles. The molecule has 2 atom stereocenters. The molecule has 0 spiro atoms. The number of amides is 1. The van der Waals surface area contributed by atoms with E-state index in [9.17, 15) is 4.79 Å². The maximum atomic E-state index is 12.3. The average molecular weight is 229 g/mol. The summed E-state index contributed by atoms with van der Waals surface area (Å²) in [6.45, 7) is 1.97. The van der Waals surface area contributed by atoms with Gasteiger partial charge in [-0.05, 0) is 37.2 Å². The summed E-state index contributed by atoms with van der Waals surface area (Å²) in [6.07, 6.45) is 4.72. The second kappa shape index (κ2) is 4.52. The number of hydrogen-bond donors (Lipinski definition) is 0. The van der Waals surface area contributed by atoms with Gasteiger partial charge in [0.25, 0.3) is 0 Å². The monoisotopic (exact) mass is 229 g/mol. The number of benzene rings is 1. The van der Waals surface area contributed by atoms with Crippen LogP contribution in [0.2, 0.25) is 0 Å². The number of hydrogen-bond acceptors (Lipinski definition) is 1. The first-order valence-electron chi connectivity index (χ1n) is 6.70. The Morgan fingerprint density at radius 2 is 1.76 bits per heavy atom. The highest BCUT2D eigenvalue weighted by atomic mass is 16.2. The third-order valence-corrected chi connectivity index (χ3v) is 4.00. The van der Waals surface area contributed by atoms with E-state index in [1.807, 2.05) is 6.07 Å². The predicted octanol–water partition coefficient (Wildman–Crippen LogP) is 2.80. The molecule has 1 aliphatic carbocycles. The van der Waals surface area contributed by atoms with Crippen LogP contribution in [0.3, 0.4) is 0 Å². The summed E-state index contributed by atoms with van der Waals surface area (Å²) in [5.74, 6) is 1.17. The standard InChI is InChI=1S/C15H19NO/c17-15(16-9-5-2-6-10-16)14-11-13(14)12-7-3-1-4-8-12/h1,3-4,7-8,13-14H,2,5-6,9-11H2/t13-,14-/m1/s1. The lowest BCUT2D eigenvalue weighted by Gasteiger charge is -2.26. The molecule has 1 heterocycles. The first kappa shape index (κ1) is 10.8. The van der Waals surface area contributed by atoms with Crippen LogP contribution >= 0.6 is 0 Å². The molecule has 1 aromatic rings. The largest absolute Gasteiger partial charge is 0.342 e. The van der Waals surface area contributed by atoms with Gasteiger partial charge in [-0.2, -0.15) is 0 Å². The van der Waals surface area contributed by atoms with E-state index in [2.05, 4.69) is 29.2 Å². The summed E-state index contributed by atoms with van der Waals surface area (Å²) >= 11 is 0. The lowest BCUT2D eigenvalue weighted by Crippen LogP contribution is -2.36. The van der Waals surface area contributed by atoms with E-state index in [4.69, 9.17) is 0 Å². The van der Waals surface area contributed by atoms with Gasteiger partial charge in [-0.25, -0.2) is 0 Å². The van der Waals surface area contributed by atoms with Crippen molar-refractivity contribution < 1.29 is 4.79 Å². The van der Waals surface area contributed by atoms with Crippen molar-refractivity contribution in [1.29, 1.82) is 0 Å². The number of rotatable bonds is 2. The minimum Gasteiger partial charge on any atom is -0.342 e. The van der Waals surface area contributed by atoms with Crippen LogP contribution in [0.15, 0.2) is 30.3 Å². The summed E-state index contributed by atoms with van der Waals surface area (Å²) in [4.78, 5) is 14.4. The molecular formula is C15H19NO. The zero-order valence-electron chi connectivity index (χ0n) is 10.1. The summed E-state index contributed by atoms with van der Waals surface area (Å²) in [5.41, 5.74) is 1.34. The molecule has 0 aromatic heterocycles. The maximum absolute atomic E-state index is 12.3. The van der Waals surface area contributed by atoms with Gasteiger partial charge < -0.3 is 4.90 Å². The molecule has 1 amide bonds. The molecule has 90 valence electrons. The third kappa shape index (κ3) is 2.21. The quantitative estimate of drug-likeness (QED) is 0.763. The Bertz CT molecular complexity index is 395. The van der Waals surface area contributed by atoms with Gasteiger partial charge >= 0.3 is 0 Å². The zero-order chi connectivity index (χ0) is 11.7. The normalized spacial score (nSPS) is 27.9. The van der Waals surface area contributed by atoms with Gasteiger partial charge in [-0.1, -0.05) is 30.3 Å². The van der Waals surface area contributed by atoms with Crippen molar-refractivity contribution in [2.45, 2.75) is 31.6 Å². The Morgan fingerprint density at radius 3 is 2.47 bits per heavy atom. The van der Waals surface area contributed by atoms with E-state index in [1.165, 1.54) is 24.8 Å². The van der Waals surface area contributed by atoms with E-state index < -0.39 is 0 Å². The van der Waals surface area contributed by atoms with Crippen LogP contribution in [-0.2, 0) is 4.79 Å². The van der Waals surface area contributed by atoms with Crippen molar-refractivity contribution in [3.63, 3.8) is 0 Å². The molecule has 2 nitrogen and oxygen atoms in total. The van der Waals surface area contributed by atoms with Gasteiger partial charge in [-0.15, -0.1) is 0 Å². The molecule has 2 aliphatic rings. The second-order valence-corrected chi connectivity index (χ2v) is 5.25. The molecule has 1 aromatic carbocycles. The lowest BCUT2D eigenvalue weighted by atomic mass is 10.1. The van der Waals surface area contributed by atoms with Crippen LogP contribution in [0.1, 0.15) is 37.2 Å². The number of carbonyl (C=O) groups excluding carboxylic acids is 1. The molecule has 1 saturated carbocycles. The van der Waals surface area contributed by atoms with Crippen LogP contribution in [-0.4, -0.2) is 23.9 Å². The van der Waals surface area contributed by atoms with Gasteiger partial charge in [-0.3, -0.25) is 4.79 Å². The minimum atomic E-state index is 0.274. The van der Waals surface area contributed by atoms with E-state index in [-0.39, 0.29) is 5.92 Å². The number of nitrogens with zero attached hydrogens (tertiary/aromatic N) is 1. The van der Waals surface area contributed by atoms with E-state index in [1.54, 1.807) is 0 Å². The van der Waals surface area contributed by atoms with Crippen LogP contribution in [0.5, 0.6) is 0 Å². The smallest absolute Gasteiger partial charge is 0.226 e. The van der Waals surface area contributed by atoms with Crippen LogP contribution < -0.4 is 0 Å². The first-order chi connectivity index (χ1) is 8.36. The fourth-order valence-electron chi connectivity index (χ4n) is 2.89. The van der Waals surface area contributed by atoms with Crippen LogP contribution in [0, 0.1) is 5.92 Å². The van der Waals surface area contributed by atoms with Crippen molar-refractivity contribution in [2.75, 3.05) is 13.1 Å². The Morgan fingerprint density at radius 1 is 1.06 bits per heavy atom. The van der Waals surface area contributed by atoms with Crippen molar-refractivity contribution in [2.24, 2.45) is 5.92 Å². The highest BCUT2D eigenvalue weighted by molar-refractivity contribution is 5.83. The summed E-state index contributed by atoms with van der Waals surface area (Å²) in [7, 11) is 0. The topological polar surface area (TPSA) is 20.3 Å². The Balaban J connectivity index is 1.62. The van der Waals surface area contributed by atoms with Crippen molar-refractivity contribution in [3.8, 4) is 0 Å². The highest BCUT2D eigenvalue weighted by Crippen LogP contribution is 2.48. The van der Waals surface area contributed by atoms with Crippen molar-refractivity contribution in [3.05, 3.63) is 35.9 Å². The fraction of sp³-hybridized carbons (Fsp3) is 0.533. The zero-order valence-corrected chi connectivity index (χ0v) is 10.1. The molecule has 1 saturated heterocycles. The molecule has 2 fully saturated rings. The van der Waals surface area contributed by atoms with Crippen LogP contribution in [0.25, 0.3) is 0 Å². The molecule has 0 bridgehead atoms. The lowest BCUT2D eigenvalue weighted by molar-refractivity contribution is -0.133. The number of piperidine rings is 1. The van der Waals surface area contributed by atoms with Crippen molar-refractivity contribution in [1.82, 2.24) is 4.90 Å². The number of carbonyl (C=O) groups is 1. The Kier molecular flexibility index (Phi) is 2.87. The molecule has 2 heteroatoms. The maximum Gasteiger partial charge on any atom is 0.226 e. The van der Waals surface area contributed by atoms with Gasteiger partial charge in [0.2, 0.25) is 5.91 Å². The highest BCUT2D eigenvalue weighted by Gasteiger charge is 2.45. The predicted molar refractivity (Wildman–Crippen MR) is 67.7 cm³/mol. The molecule has 0 N–H and O–H groups in total. The molecular weight excluding hydrogens is 210 g/mol. The van der Waals surface area contributed by atoms with E-state index >= 15 is 0 Å². The molecule has 17 heavy (non-hydrogen) atoms. The van der Waals surface area contributed by atoms with Crippen LogP contribution in [0.4, 0.5) is 0 Å². The molecule has 0 unspecified atom stereocenters. The average Bonchev–Trinajstić information content (AvgIpc) is 3.20. The van der Waals surface area contributed by atoms with Gasteiger partial charge in [0, 0.05) is 19.0 Å². The third-order valence-electron chi connectivity index (χ3n) is 4.00. The first-order valence-corrected chi connectivity index (χ1v) is 6.70. The molecule has 3 rings (SSSR count). The number of likely N-dealkylation sites (tertiary alicyclic amines) is 1. The molecule has 0 radical (unpaired) electrons.